The summed E-state index contributed by atoms with van der Waals surface area (Å²) in [6.07, 6.45) is 15.3. The summed E-state index contributed by atoms with van der Waals surface area (Å²) in [7, 11) is 5.23. The third-order valence-corrected chi connectivity index (χ3v) is 16.9. The Hall–Kier alpha value is -8.91. The smallest absolute Gasteiger partial charge is 0.260 e. The van der Waals surface area contributed by atoms with Crippen molar-refractivity contribution in [3.8, 4) is 23.0 Å². The van der Waals surface area contributed by atoms with Crippen LogP contribution in [0.15, 0.2) is 107 Å². The normalized spacial score (nSPS) is 19.6. The molecular formula is C67H77N9O11. The number of nitrogens with zero attached hydrogens (tertiary/aromatic N) is 6. The second-order valence-electron chi connectivity index (χ2n) is 23.4. The highest BCUT2D eigenvalue weighted by Crippen LogP contribution is 2.43. The summed E-state index contributed by atoms with van der Waals surface area (Å²) in [5.41, 5.74) is 7.65. The molecule has 4 aromatic carbocycles. The number of carbonyl (C=O) groups excluding carboxylic acids is 7. The van der Waals surface area contributed by atoms with Crippen molar-refractivity contribution in [3.63, 3.8) is 0 Å². The second-order valence-corrected chi connectivity index (χ2v) is 23.4. The van der Waals surface area contributed by atoms with Crippen LogP contribution >= 0.6 is 0 Å². The Morgan fingerprint density at radius 1 is 0.667 bits per heavy atom. The Labute approximate surface area is 507 Å². The number of Topliss-reactive ketones (excluding diaryl/α,β-unsaturated/α-hetero) is 1. The van der Waals surface area contributed by atoms with Crippen molar-refractivity contribution >= 4 is 87.6 Å². The van der Waals surface area contributed by atoms with Gasteiger partial charge in [-0.25, -0.2) is 0 Å². The molecule has 1 aliphatic carbocycles. The average Bonchev–Trinajstić information content (AvgIpc) is 2.10. The highest BCUT2D eigenvalue weighted by atomic mass is 16.5. The number of ether oxygens (including phenoxy) is 4. The van der Waals surface area contributed by atoms with Gasteiger partial charge in [-0.05, 0) is 117 Å². The first-order valence-corrected chi connectivity index (χ1v) is 30.2. The Morgan fingerprint density at radius 3 is 1.97 bits per heavy atom. The van der Waals surface area contributed by atoms with E-state index in [4.69, 9.17) is 28.9 Å². The fourth-order valence-electron chi connectivity index (χ4n) is 11.7. The van der Waals surface area contributed by atoms with Crippen LogP contribution in [0.5, 0.6) is 23.0 Å². The number of amides is 6. The third-order valence-electron chi connectivity index (χ3n) is 16.9. The molecule has 3 N–H and O–H groups in total. The van der Waals surface area contributed by atoms with E-state index in [-0.39, 0.29) is 73.5 Å². The minimum Gasteiger partial charge on any atom is -0.493 e. The molecule has 5 aliphatic heterocycles. The van der Waals surface area contributed by atoms with Crippen LogP contribution < -0.4 is 39.8 Å². The lowest BCUT2D eigenvalue weighted by Crippen LogP contribution is -2.53. The summed E-state index contributed by atoms with van der Waals surface area (Å²) in [6, 6.07) is 20.9. The maximum Gasteiger partial charge on any atom is 0.260 e. The minimum absolute atomic E-state index is 0.0345. The van der Waals surface area contributed by atoms with E-state index in [9.17, 15) is 33.6 Å². The molecule has 5 atom stereocenters. The van der Waals surface area contributed by atoms with Crippen molar-refractivity contribution in [1.29, 1.82) is 0 Å². The van der Waals surface area contributed by atoms with Gasteiger partial charge in [0.2, 0.25) is 17.7 Å². The van der Waals surface area contributed by atoms with E-state index in [0.29, 0.717) is 96.1 Å². The van der Waals surface area contributed by atoms with Crippen molar-refractivity contribution in [3.05, 3.63) is 119 Å². The van der Waals surface area contributed by atoms with Crippen molar-refractivity contribution in [1.82, 2.24) is 25.3 Å². The van der Waals surface area contributed by atoms with Gasteiger partial charge in [0.15, 0.2) is 28.8 Å². The first kappa shape index (κ1) is 61.2. The van der Waals surface area contributed by atoms with Crippen molar-refractivity contribution in [2.75, 3.05) is 77.4 Å². The quantitative estimate of drug-likeness (QED) is 0.0467. The van der Waals surface area contributed by atoms with Gasteiger partial charge >= 0.3 is 0 Å². The van der Waals surface area contributed by atoms with Crippen LogP contribution in [0.25, 0.3) is 11.1 Å². The predicted octanol–water partition coefficient (Wildman–Crippen LogP) is 8.74. The van der Waals surface area contributed by atoms with Gasteiger partial charge in [-0.3, -0.25) is 48.4 Å². The number of rotatable bonds is 23. The minimum atomic E-state index is -0.921. The van der Waals surface area contributed by atoms with Gasteiger partial charge in [0.1, 0.15) is 12.1 Å². The van der Waals surface area contributed by atoms with Crippen LogP contribution in [0, 0.1) is 17.8 Å². The van der Waals surface area contributed by atoms with Crippen molar-refractivity contribution in [2.24, 2.45) is 27.7 Å². The van der Waals surface area contributed by atoms with E-state index in [0.717, 1.165) is 54.9 Å². The summed E-state index contributed by atoms with van der Waals surface area (Å²) >= 11 is 0. The van der Waals surface area contributed by atoms with Crippen LogP contribution in [-0.2, 0) is 24.0 Å². The molecule has 0 aromatic heterocycles. The molecular weight excluding hydrogens is 1110 g/mol. The number of ketones is 1. The summed E-state index contributed by atoms with van der Waals surface area (Å²) in [5, 5.41) is 8.42. The van der Waals surface area contributed by atoms with E-state index in [1.165, 1.54) is 29.8 Å². The lowest BCUT2D eigenvalue weighted by molar-refractivity contribution is -0.137. The van der Waals surface area contributed by atoms with E-state index >= 15 is 0 Å². The highest BCUT2D eigenvalue weighted by Gasteiger charge is 2.35. The number of hydrogen-bond donors (Lipinski definition) is 3. The first-order valence-electron chi connectivity index (χ1n) is 30.2. The Morgan fingerprint density at radius 2 is 1.30 bits per heavy atom. The van der Waals surface area contributed by atoms with E-state index in [1.807, 2.05) is 50.7 Å². The molecule has 20 heteroatoms. The molecule has 1 unspecified atom stereocenters. The lowest BCUT2D eigenvalue weighted by atomic mass is 9.90. The fourth-order valence-corrected chi connectivity index (χ4v) is 11.7. The molecule has 0 saturated carbocycles. The van der Waals surface area contributed by atoms with Gasteiger partial charge < -0.3 is 49.6 Å². The number of hydrogen-bond acceptors (Lipinski definition) is 15. The molecule has 2 bridgehead atoms. The molecule has 6 aliphatic rings. The number of aliphatic imine (C=N–C) groups is 2. The number of allylic oxidation sites excluding steroid dienone is 2. The molecule has 87 heavy (non-hydrogen) atoms. The van der Waals surface area contributed by atoms with Gasteiger partial charge in [0.25, 0.3) is 17.7 Å². The summed E-state index contributed by atoms with van der Waals surface area (Å²) < 4.78 is 24.0. The first-order chi connectivity index (χ1) is 42.0. The highest BCUT2D eigenvalue weighted by molar-refractivity contribution is 6.13. The Bertz CT molecular complexity index is 3420. The summed E-state index contributed by atoms with van der Waals surface area (Å²) in [5.74, 6) is -1.08. The van der Waals surface area contributed by atoms with Crippen molar-refractivity contribution in [2.45, 2.75) is 96.7 Å². The Kier molecular flexibility index (Phi) is 19.4. The second kappa shape index (κ2) is 27.6. The van der Waals surface area contributed by atoms with Crippen LogP contribution in [0.1, 0.15) is 110 Å². The number of imide groups is 1. The Balaban J connectivity index is 0.702. The number of benzene rings is 4. The number of carbonyl (C=O) groups is 7. The van der Waals surface area contributed by atoms with Crippen LogP contribution in [0.4, 0.5) is 22.7 Å². The van der Waals surface area contributed by atoms with E-state index in [1.54, 1.807) is 55.3 Å². The van der Waals surface area contributed by atoms with Gasteiger partial charge in [-0.2, -0.15) is 0 Å². The monoisotopic (exact) mass is 1180 g/mol. The zero-order valence-corrected chi connectivity index (χ0v) is 50.3. The van der Waals surface area contributed by atoms with Gasteiger partial charge in [0, 0.05) is 118 Å². The molecule has 1 saturated heterocycles. The zero-order chi connectivity index (χ0) is 61.3. The zero-order valence-electron chi connectivity index (χ0n) is 50.3. The fraction of sp³-hybridized carbons (Fsp3) is 0.418. The lowest BCUT2D eigenvalue weighted by Gasteiger charge is -2.34. The molecule has 5 heterocycles. The third kappa shape index (κ3) is 14.5. The number of methoxy groups -OCH3 is 2. The standard InChI is InChI=1S/C67H77N9O11/c1-41(2)63(72-60(77)11-8-7-9-24-75-61(78)22-23-62(75)79)66(82)70-42(3)65(81)71-49-18-14-44(15-19-49)47-31-43-12-13-46(32-47)64(80)52-34-56(84-5)58(36-54(52)68-38-43)86-29-10-30-87-59-37-55-53(35-57(59)85-6)67(83)76-40-48(33-51(76)39-69-55)45-16-20-50(21-17-45)74-27-25-73(4)26-28-74/h14-23,32,34-43,46,51,63H,7-13,24-31,33H2,1-6H3,(H,70,82)(H,71,81)(H,72,77)/t42-,43-,46?,51-,63-/m0/s1. The molecule has 0 spiro atoms. The maximum absolute atomic E-state index is 14.5. The topological polar surface area (TPSA) is 230 Å². The molecule has 6 amide bonds. The van der Waals surface area contributed by atoms with Gasteiger partial charge in [0.05, 0.1) is 50.4 Å². The van der Waals surface area contributed by atoms with Crippen LogP contribution in [0.3, 0.4) is 0 Å². The summed E-state index contributed by atoms with van der Waals surface area (Å²) in [6.45, 7) is 10.1. The van der Waals surface area contributed by atoms with Gasteiger partial charge in [-0.15, -0.1) is 0 Å². The SMILES string of the molecule is COc1cc2c(cc1OCCCOc1cc3c(cc1OC)C(=O)N1C=C(c4ccc(N5CCN(C)CC5)cc4)C[C@H]1C=N3)N=C[C@H]1CCC(C=C(c3ccc(NC(=O)[C@H](C)NC(=O)[C@@H](NC(=O)CCCCCN4C(=O)C=CC4=O)C(C)C)cc3)C1)C2=O. The number of unbranched alkanes of at least 4 members (excludes halogenated alkanes) is 2. The molecule has 456 valence electrons. The molecule has 1 fully saturated rings. The molecule has 0 radical (unpaired) electrons. The van der Waals surface area contributed by atoms with Crippen LogP contribution in [0.2, 0.25) is 0 Å². The van der Waals surface area contributed by atoms with E-state index < -0.39 is 29.8 Å². The average molecular weight is 1180 g/mol. The van der Waals surface area contributed by atoms with Crippen LogP contribution in [-0.4, -0.2) is 154 Å². The number of anilines is 2. The predicted molar refractivity (Wildman–Crippen MR) is 334 cm³/mol. The molecule has 10 rings (SSSR count). The summed E-state index contributed by atoms with van der Waals surface area (Å²) in [4.78, 5) is 109. The van der Waals surface area contributed by atoms with Crippen molar-refractivity contribution < 1.29 is 52.5 Å². The number of nitrogens with one attached hydrogen (secondary N) is 3. The largest absolute Gasteiger partial charge is 0.493 e. The maximum atomic E-state index is 14.5. The molecule has 4 aromatic rings. The molecule has 20 nitrogen and oxygen atoms in total. The number of likely N-dealkylation sites (N-methyl/N-ethyl adjacent to an activating group) is 1. The van der Waals surface area contributed by atoms with E-state index in [2.05, 4.69) is 57.1 Å². The number of piperazine rings is 1. The number of fused-ring (bicyclic) bond motifs is 6. The van der Waals surface area contributed by atoms with Gasteiger partial charge in [-0.1, -0.05) is 50.6 Å².